The van der Waals surface area contributed by atoms with Crippen LogP contribution in [0.1, 0.15) is 15.9 Å². The molecule has 0 spiro atoms. The highest BCUT2D eigenvalue weighted by atomic mass is 32.1. The standard InChI is InChI=1S/C20H19NO4S/c1-21(11-14-7-8-26-13-14)19(22)12-25-20(23)17-9-15-5-3-4-6-16(15)10-18(17)24-2/h3-10,13H,11-12H2,1-2H3. The number of amides is 1. The van der Waals surface area contributed by atoms with E-state index in [1.165, 1.54) is 12.0 Å². The number of methoxy groups -OCH3 is 1. The van der Waals surface area contributed by atoms with Crippen molar-refractivity contribution in [3.63, 3.8) is 0 Å². The van der Waals surface area contributed by atoms with Crippen molar-refractivity contribution in [3.05, 3.63) is 64.4 Å². The first-order valence-corrected chi connectivity index (χ1v) is 9.01. The minimum absolute atomic E-state index is 0.260. The van der Waals surface area contributed by atoms with Gasteiger partial charge in [0.15, 0.2) is 6.61 Å². The van der Waals surface area contributed by atoms with Crippen LogP contribution in [0.15, 0.2) is 53.2 Å². The van der Waals surface area contributed by atoms with E-state index in [-0.39, 0.29) is 12.5 Å². The summed E-state index contributed by atoms with van der Waals surface area (Å²) in [5.74, 6) is -0.415. The van der Waals surface area contributed by atoms with Crippen LogP contribution in [-0.4, -0.2) is 37.5 Å². The highest BCUT2D eigenvalue weighted by Gasteiger charge is 2.18. The zero-order valence-corrected chi connectivity index (χ0v) is 15.4. The lowest BCUT2D eigenvalue weighted by molar-refractivity contribution is -0.133. The molecule has 0 unspecified atom stereocenters. The van der Waals surface area contributed by atoms with Crippen molar-refractivity contribution in [1.29, 1.82) is 0 Å². The molecule has 26 heavy (non-hydrogen) atoms. The number of nitrogens with zero attached hydrogens (tertiary/aromatic N) is 1. The van der Waals surface area contributed by atoms with Gasteiger partial charge in [-0.25, -0.2) is 4.79 Å². The Hall–Kier alpha value is -2.86. The second-order valence-corrected chi connectivity index (χ2v) is 6.64. The topological polar surface area (TPSA) is 55.8 Å². The average molecular weight is 369 g/mol. The van der Waals surface area contributed by atoms with Crippen LogP contribution in [0, 0.1) is 0 Å². The lowest BCUT2D eigenvalue weighted by Gasteiger charge is -2.16. The summed E-state index contributed by atoms with van der Waals surface area (Å²) in [5.41, 5.74) is 1.35. The number of ether oxygens (including phenoxy) is 2. The molecule has 6 heteroatoms. The molecule has 0 saturated carbocycles. The predicted octanol–water partition coefficient (Wildman–Crippen LogP) is 3.73. The molecular formula is C20H19NO4S. The summed E-state index contributed by atoms with van der Waals surface area (Å²) >= 11 is 1.58. The minimum atomic E-state index is -0.579. The van der Waals surface area contributed by atoms with E-state index in [0.29, 0.717) is 17.9 Å². The number of fused-ring (bicyclic) bond motifs is 1. The van der Waals surface area contributed by atoms with E-state index >= 15 is 0 Å². The van der Waals surface area contributed by atoms with Gasteiger partial charge < -0.3 is 14.4 Å². The Balaban J connectivity index is 1.67. The predicted molar refractivity (Wildman–Crippen MR) is 102 cm³/mol. The van der Waals surface area contributed by atoms with Gasteiger partial charge in [0, 0.05) is 13.6 Å². The van der Waals surface area contributed by atoms with Crippen molar-refractivity contribution in [1.82, 2.24) is 4.90 Å². The number of likely N-dealkylation sites (N-methyl/N-ethyl adjacent to an activating group) is 1. The molecule has 0 aliphatic heterocycles. The fourth-order valence-electron chi connectivity index (χ4n) is 2.61. The second kappa shape index (κ2) is 8.01. The summed E-state index contributed by atoms with van der Waals surface area (Å²) in [7, 11) is 3.19. The van der Waals surface area contributed by atoms with Gasteiger partial charge in [-0.1, -0.05) is 24.3 Å². The van der Waals surface area contributed by atoms with Gasteiger partial charge in [0.05, 0.1) is 7.11 Å². The van der Waals surface area contributed by atoms with E-state index < -0.39 is 5.97 Å². The molecule has 0 saturated heterocycles. The molecule has 0 aliphatic rings. The average Bonchev–Trinajstić information content (AvgIpc) is 3.17. The molecule has 3 rings (SSSR count). The van der Waals surface area contributed by atoms with Gasteiger partial charge in [0.2, 0.25) is 0 Å². The summed E-state index contributed by atoms with van der Waals surface area (Å²) in [6, 6.07) is 13.1. The molecule has 134 valence electrons. The number of esters is 1. The van der Waals surface area contributed by atoms with Crippen molar-refractivity contribution in [3.8, 4) is 5.75 Å². The molecule has 0 fully saturated rings. The van der Waals surface area contributed by atoms with E-state index in [0.717, 1.165) is 16.3 Å². The molecule has 1 aromatic heterocycles. The van der Waals surface area contributed by atoms with Gasteiger partial charge in [0.25, 0.3) is 5.91 Å². The van der Waals surface area contributed by atoms with Crippen LogP contribution in [0.5, 0.6) is 5.75 Å². The Morgan fingerprint density at radius 2 is 1.85 bits per heavy atom. The molecule has 1 heterocycles. The van der Waals surface area contributed by atoms with Crippen LogP contribution in [0.3, 0.4) is 0 Å². The van der Waals surface area contributed by atoms with Crippen molar-refractivity contribution in [2.24, 2.45) is 0 Å². The molecular weight excluding hydrogens is 350 g/mol. The van der Waals surface area contributed by atoms with Crippen molar-refractivity contribution < 1.29 is 19.1 Å². The maximum atomic E-state index is 12.4. The van der Waals surface area contributed by atoms with Crippen LogP contribution in [0.25, 0.3) is 10.8 Å². The number of carbonyl (C=O) groups excluding carboxylic acids is 2. The van der Waals surface area contributed by atoms with Gasteiger partial charge in [-0.3, -0.25) is 4.79 Å². The number of carbonyl (C=O) groups is 2. The Morgan fingerprint density at radius 3 is 2.50 bits per heavy atom. The molecule has 2 aromatic carbocycles. The normalized spacial score (nSPS) is 10.5. The third-order valence-electron chi connectivity index (χ3n) is 4.04. The third-order valence-corrected chi connectivity index (χ3v) is 4.77. The van der Waals surface area contributed by atoms with Crippen molar-refractivity contribution in [2.75, 3.05) is 20.8 Å². The molecule has 3 aromatic rings. The first kappa shape index (κ1) is 17.9. The molecule has 0 aliphatic carbocycles. The zero-order valence-electron chi connectivity index (χ0n) is 14.6. The molecule has 0 atom stereocenters. The van der Waals surface area contributed by atoms with E-state index in [9.17, 15) is 9.59 Å². The number of rotatable bonds is 6. The van der Waals surface area contributed by atoms with Gasteiger partial charge in [-0.2, -0.15) is 11.3 Å². The van der Waals surface area contributed by atoms with Crippen LogP contribution < -0.4 is 4.74 Å². The number of thiophene rings is 1. The summed E-state index contributed by atoms with van der Waals surface area (Å²) < 4.78 is 10.5. The molecule has 1 amide bonds. The SMILES string of the molecule is COc1cc2ccccc2cc1C(=O)OCC(=O)N(C)Cc1ccsc1. The van der Waals surface area contributed by atoms with Crippen LogP contribution in [0.2, 0.25) is 0 Å². The first-order valence-electron chi connectivity index (χ1n) is 8.07. The van der Waals surface area contributed by atoms with E-state index in [4.69, 9.17) is 9.47 Å². The van der Waals surface area contributed by atoms with Gasteiger partial charge in [-0.15, -0.1) is 0 Å². The van der Waals surface area contributed by atoms with Gasteiger partial charge in [-0.05, 0) is 45.3 Å². The lowest BCUT2D eigenvalue weighted by Crippen LogP contribution is -2.30. The highest BCUT2D eigenvalue weighted by Crippen LogP contribution is 2.26. The highest BCUT2D eigenvalue weighted by molar-refractivity contribution is 7.07. The lowest BCUT2D eigenvalue weighted by atomic mass is 10.1. The van der Waals surface area contributed by atoms with E-state index in [1.54, 1.807) is 30.5 Å². The fraction of sp³-hybridized carbons (Fsp3) is 0.200. The Bertz CT molecular complexity index is 921. The number of hydrogen-bond acceptors (Lipinski definition) is 5. The first-order chi connectivity index (χ1) is 12.6. The van der Waals surface area contributed by atoms with Crippen molar-refractivity contribution in [2.45, 2.75) is 6.54 Å². The Kier molecular flexibility index (Phi) is 5.53. The monoisotopic (exact) mass is 369 g/mol. The Morgan fingerprint density at radius 1 is 1.12 bits per heavy atom. The fourth-order valence-corrected chi connectivity index (χ4v) is 3.27. The molecule has 5 nitrogen and oxygen atoms in total. The van der Waals surface area contributed by atoms with Crippen LogP contribution >= 0.6 is 11.3 Å². The summed E-state index contributed by atoms with van der Waals surface area (Å²) in [6.07, 6.45) is 0. The molecule has 0 bridgehead atoms. The summed E-state index contributed by atoms with van der Waals surface area (Å²) in [6.45, 7) is 0.175. The maximum Gasteiger partial charge on any atom is 0.342 e. The van der Waals surface area contributed by atoms with Crippen LogP contribution in [-0.2, 0) is 16.1 Å². The van der Waals surface area contributed by atoms with Gasteiger partial charge >= 0.3 is 5.97 Å². The smallest absolute Gasteiger partial charge is 0.342 e. The molecule has 0 radical (unpaired) electrons. The quantitative estimate of drug-likeness (QED) is 0.622. The number of hydrogen-bond donors (Lipinski definition) is 0. The van der Waals surface area contributed by atoms with Crippen molar-refractivity contribution >= 4 is 34.0 Å². The van der Waals surface area contributed by atoms with Crippen LogP contribution in [0.4, 0.5) is 0 Å². The minimum Gasteiger partial charge on any atom is -0.496 e. The molecule has 0 N–H and O–H groups in total. The summed E-state index contributed by atoms with van der Waals surface area (Å²) in [5, 5.41) is 5.81. The maximum absolute atomic E-state index is 12.4. The third kappa shape index (κ3) is 4.03. The largest absolute Gasteiger partial charge is 0.496 e. The Labute approximate surface area is 155 Å². The summed E-state index contributed by atoms with van der Waals surface area (Å²) in [4.78, 5) is 26.2. The second-order valence-electron chi connectivity index (χ2n) is 5.86. The zero-order chi connectivity index (χ0) is 18.5. The van der Waals surface area contributed by atoms with Gasteiger partial charge in [0.1, 0.15) is 11.3 Å². The van der Waals surface area contributed by atoms with E-state index in [2.05, 4.69) is 0 Å². The van der Waals surface area contributed by atoms with E-state index in [1.807, 2.05) is 41.1 Å². The number of benzene rings is 2.